The smallest absolute Gasteiger partial charge is 0.311 e. The summed E-state index contributed by atoms with van der Waals surface area (Å²) in [7, 11) is 1.38. The predicted octanol–water partition coefficient (Wildman–Crippen LogP) is 2.52. The van der Waals surface area contributed by atoms with Crippen molar-refractivity contribution in [3.63, 3.8) is 0 Å². The Morgan fingerprint density at radius 3 is 2.64 bits per heavy atom. The number of H-pyrrole nitrogens is 1. The van der Waals surface area contributed by atoms with Gasteiger partial charge in [-0.15, -0.1) is 0 Å². The van der Waals surface area contributed by atoms with E-state index in [0.717, 1.165) is 11.3 Å². The first-order chi connectivity index (χ1) is 10.4. The molecule has 22 heavy (non-hydrogen) atoms. The van der Waals surface area contributed by atoms with Crippen molar-refractivity contribution in [2.24, 2.45) is 0 Å². The summed E-state index contributed by atoms with van der Waals surface area (Å²) in [4.78, 5) is 25.0. The molecule has 1 heterocycles. The molecule has 2 N–H and O–H groups in total. The summed E-state index contributed by atoms with van der Waals surface area (Å²) in [6.45, 7) is 4.02. The van der Waals surface area contributed by atoms with Crippen LogP contribution in [0.25, 0.3) is 0 Å². The van der Waals surface area contributed by atoms with Crippen molar-refractivity contribution in [1.82, 2.24) is 4.98 Å². The maximum Gasteiger partial charge on any atom is 0.311 e. The summed E-state index contributed by atoms with van der Waals surface area (Å²) >= 11 is 0. The van der Waals surface area contributed by atoms with E-state index in [-0.39, 0.29) is 17.0 Å². The molecule has 0 aliphatic rings. The molecule has 0 atom stereocenters. The van der Waals surface area contributed by atoms with Crippen LogP contribution in [-0.2, 0) is 6.54 Å². The monoisotopic (exact) mass is 303 g/mol. The van der Waals surface area contributed by atoms with E-state index >= 15 is 0 Å². The first-order valence-electron chi connectivity index (χ1n) is 6.68. The van der Waals surface area contributed by atoms with E-state index in [4.69, 9.17) is 4.74 Å². The highest BCUT2D eigenvalue weighted by Crippen LogP contribution is 2.29. The van der Waals surface area contributed by atoms with Crippen LogP contribution < -0.4 is 15.6 Å². The van der Waals surface area contributed by atoms with Crippen molar-refractivity contribution < 1.29 is 9.66 Å². The molecule has 2 aromatic rings. The Labute approximate surface area is 127 Å². The van der Waals surface area contributed by atoms with Gasteiger partial charge in [-0.1, -0.05) is 0 Å². The standard InChI is InChI=1S/C15H17N3O4/c1-9-6-10(2)17-15(19)12(9)8-16-11-4-5-13(18(20)21)14(7-11)22-3/h4-7,16H,8H2,1-3H3,(H,17,19). The highest BCUT2D eigenvalue weighted by molar-refractivity contribution is 5.58. The second-order valence-corrected chi connectivity index (χ2v) is 4.94. The van der Waals surface area contributed by atoms with Gasteiger partial charge in [-0.05, 0) is 31.5 Å². The minimum Gasteiger partial charge on any atom is -0.490 e. The number of anilines is 1. The van der Waals surface area contributed by atoms with Gasteiger partial charge in [0.05, 0.1) is 12.0 Å². The summed E-state index contributed by atoms with van der Waals surface area (Å²) in [5.41, 5.74) is 2.73. The molecule has 0 unspecified atom stereocenters. The quantitative estimate of drug-likeness (QED) is 0.653. The van der Waals surface area contributed by atoms with Crippen LogP contribution in [0, 0.1) is 24.0 Å². The number of hydrogen-bond acceptors (Lipinski definition) is 5. The number of nitro benzene ring substituents is 1. The molecule has 0 amide bonds. The molecule has 1 aromatic carbocycles. The Morgan fingerprint density at radius 2 is 2.05 bits per heavy atom. The molecule has 7 heteroatoms. The molecule has 0 aliphatic carbocycles. The Kier molecular flexibility index (Phi) is 4.45. The summed E-state index contributed by atoms with van der Waals surface area (Å²) in [5.74, 6) is 0.171. The van der Waals surface area contributed by atoms with Gasteiger partial charge in [-0.2, -0.15) is 0 Å². The molecule has 0 spiro atoms. The SMILES string of the molecule is COc1cc(NCc2c(C)cc(C)[nH]c2=O)ccc1[N+](=O)[O-]. The van der Waals surface area contributed by atoms with Crippen molar-refractivity contribution in [2.75, 3.05) is 12.4 Å². The van der Waals surface area contributed by atoms with Crippen LogP contribution in [0.3, 0.4) is 0 Å². The molecule has 0 radical (unpaired) electrons. The van der Waals surface area contributed by atoms with E-state index in [1.165, 1.54) is 19.2 Å². The summed E-state index contributed by atoms with van der Waals surface area (Å²) in [6, 6.07) is 6.39. The molecule has 0 fully saturated rings. The average Bonchev–Trinajstić information content (AvgIpc) is 2.45. The third-order valence-corrected chi connectivity index (χ3v) is 3.34. The molecule has 0 saturated carbocycles. The molecule has 7 nitrogen and oxygen atoms in total. The summed E-state index contributed by atoms with van der Waals surface area (Å²) in [5, 5.41) is 13.9. The maximum atomic E-state index is 11.9. The molecular weight excluding hydrogens is 286 g/mol. The molecule has 2 rings (SSSR count). The van der Waals surface area contributed by atoms with Crippen LogP contribution in [0.15, 0.2) is 29.1 Å². The average molecular weight is 303 g/mol. The summed E-state index contributed by atoms with van der Waals surface area (Å²) in [6.07, 6.45) is 0. The molecule has 0 bridgehead atoms. The van der Waals surface area contributed by atoms with E-state index in [2.05, 4.69) is 10.3 Å². The van der Waals surface area contributed by atoms with Gasteiger partial charge < -0.3 is 15.0 Å². The number of pyridine rings is 1. The highest BCUT2D eigenvalue weighted by Gasteiger charge is 2.14. The van der Waals surface area contributed by atoms with Crippen molar-refractivity contribution in [1.29, 1.82) is 0 Å². The predicted molar refractivity (Wildman–Crippen MR) is 83.5 cm³/mol. The molecular formula is C15H17N3O4. The van der Waals surface area contributed by atoms with E-state index in [1.54, 1.807) is 6.07 Å². The van der Waals surface area contributed by atoms with Crippen molar-refractivity contribution in [3.8, 4) is 5.75 Å². The van der Waals surface area contributed by atoms with Crippen LogP contribution in [0.1, 0.15) is 16.8 Å². The van der Waals surface area contributed by atoms with Gasteiger partial charge in [0.2, 0.25) is 0 Å². The Hall–Kier alpha value is -2.83. The molecule has 0 aliphatic heterocycles. The lowest BCUT2D eigenvalue weighted by molar-refractivity contribution is -0.385. The summed E-state index contributed by atoms with van der Waals surface area (Å²) < 4.78 is 5.01. The number of nitrogens with one attached hydrogen (secondary N) is 2. The second-order valence-electron chi connectivity index (χ2n) is 4.94. The highest BCUT2D eigenvalue weighted by atomic mass is 16.6. The third-order valence-electron chi connectivity index (χ3n) is 3.34. The minimum atomic E-state index is -0.503. The zero-order chi connectivity index (χ0) is 16.3. The second kappa shape index (κ2) is 6.30. The Balaban J connectivity index is 2.22. The number of rotatable bonds is 5. The lowest BCUT2D eigenvalue weighted by Gasteiger charge is -2.10. The van der Waals surface area contributed by atoms with Crippen LogP contribution in [0.4, 0.5) is 11.4 Å². The fourth-order valence-electron chi connectivity index (χ4n) is 2.23. The zero-order valence-electron chi connectivity index (χ0n) is 12.6. The van der Waals surface area contributed by atoms with Gasteiger partial charge in [-0.3, -0.25) is 14.9 Å². The molecule has 1 aromatic heterocycles. The molecule has 0 saturated heterocycles. The largest absolute Gasteiger partial charge is 0.490 e. The number of aromatic nitrogens is 1. The van der Waals surface area contributed by atoms with Crippen LogP contribution in [0.5, 0.6) is 5.75 Å². The first kappa shape index (κ1) is 15.6. The number of ether oxygens (including phenoxy) is 1. The minimum absolute atomic E-state index is 0.0996. The molecule has 116 valence electrons. The van der Waals surface area contributed by atoms with E-state index < -0.39 is 4.92 Å². The van der Waals surface area contributed by atoms with Gasteiger partial charge in [0.1, 0.15) is 0 Å². The fourth-order valence-corrected chi connectivity index (χ4v) is 2.23. The number of aromatic amines is 1. The number of aryl methyl sites for hydroxylation is 2. The van der Waals surface area contributed by atoms with Gasteiger partial charge in [0, 0.05) is 35.6 Å². The number of methoxy groups -OCH3 is 1. The van der Waals surface area contributed by atoms with Crippen molar-refractivity contribution in [3.05, 3.63) is 61.6 Å². The topological polar surface area (TPSA) is 97.3 Å². The van der Waals surface area contributed by atoms with E-state index in [1.807, 2.05) is 19.9 Å². The Bertz CT molecular complexity index is 768. The maximum absolute atomic E-state index is 11.9. The van der Waals surface area contributed by atoms with E-state index in [0.29, 0.717) is 17.8 Å². The lowest BCUT2D eigenvalue weighted by Crippen LogP contribution is -2.18. The Morgan fingerprint density at radius 1 is 1.32 bits per heavy atom. The van der Waals surface area contributed by atoms with Gasteiger partial charge in [0.15, 0.2) is 5.75 Å². The van der Waals surface area contributed by atoms with Crippen LogP contribution in [0.2, 0.25) is 0 Å². The number of hydrogen-bond donors (Lipinski definition) is 2. The zero-order valence-corrected chi connectivity index (χ0v) is 12.6. The third kappa shape index (κ3) is 3.25. The van der Waals surface area contributed by atoms with E-state index in [9.17, 15) is 14.9 Å². The normalized spacial score (nSPS) is 10.3. The number of benzene rings is 1. The lowest BCUT2D eigenvalue weighted by atomic mass is 10.1. The fraction of sp³-hybridized carbons (Fsp3) is 0.267. The van der Waals surface area contributed by atoms with Gasteiger partial charge in [0.25, 0.3) is 5.56 Å². The number of nitrogens with zero attached hydrogens (tertiary/aromatic N) is 1. The van der Waals surface area contributed by atoms with Gasteiger partial charge >= 0.3 is 5.69 Å². The van der Waals surface area contributed by atoms with Gasteiger partial charge in [-0.25, -0.2) is 0 Å². The van der Waals surface area contributed by atoms with Crippen molar-refractivity contribution in [2.45, 2.75) is 20.4 Å². The van der Waals surface area contributed by atoms with Crippen LogP contribution in [-0.4, -0.2) is 17.0 Å². The van der Waals surface area contributed by atoms with Crippen molar-refractivity contribution >= 4 is 11.4 Å². The van der Waals surface area contributed by atoms with Crippen LogP contribution >= 0.6 is 0 Å². The number of nitro groups is 1. The first-order valence-corrected chi connectivity index (χ1v) is 6.68.